The molecular weight excluding hydrogens is 405 g/mol. The van der Waals surface area contributed by atoms with Gasteiger partial charge in [0.1, 0.15) is 5.82 Å². The van der Waals surface area contributed by atoms with Gasteiger partial charge >= 0.3 is 0 Å². The summed E-state index contributed by atoms with van der Waals surface area (Å²) in [6.07, 6.45) is 0.608. The van der Waals surface area contributed by atoms with Gasteiger partial charge in [0.05, 0.1) is 20.3 Å². The molecule has 0 unspecified atom stereocenters. The molecule has 30 heavy (non-hydrogen) atoms. The van der Waals surface area contributed by atoms with Crippen LogP contribution >= 0.6 is 11.6 Å². The van der Waals surface area contributed by atoms with E-state index >= 15 is 4.39 Å². The lowest BCUT2D eigenvalue weighted by molar-refractivity contribution is 0.0691. The highest BCUT2D eigenvalue weighted by Crippen LogP contribution is 2.44. The number of ether oxygens (including phenoxy) is 2. The number of halogens is 2. The largest absolute Gasteiger partial charge is 0.493 e. The van der Waals surface area contributed by atoms with Crippen LogP contribution in [0.2, 0.25) is 5.02 Å². The zero-order valence-electron chi connectivity index (χ0n) is 16.7. The lowest BCUT2D eigenvalue weighted by atomic mass is 9.87. The van der Waals surface area contributed by atoms with Gasteiger partial charge in [0.25, 0.3) is 5.91 Å². The normalized spacial score (nSPS) is 15.5. The molecule has 0 aromatic heterocycles. The van der Waals surface area contributed by atoms with E-state index in [1.54, 1.807) is 43.4 Å². The summed E-state index contributed by atoms with van der Waals surface area (Å²) in [7, 11) is 3.12. The second kappa shape index (κ2) is 8.36. The van der Waals surface area contributed by atoms with Crippen LogP contribution in [0.3, 0.4) is 0 Å². The van der Waals surface area contributed by atoms with E-state index in [4.69, 9.17) is 21.1 Å². The fourth-order valence-corrected chi connectivity index (χ4v) is 4.26. The predicted octanol–water partition coefficient (Wildman–Crippen LogP) is 5.28. The number of rotatable bonds is 4. The van der Waals surface area contributed by atoms with E-state index < -0.39 is 11.9 Å². The highest BCUT2D eigenvalue weighted by molar-refractivity contribution is 6.31. The lowest BCUT2D eigenvalue weighted by Gasteiger charge is -2.38. The number of hydrogen-bond donors (Lipinski definition) is 0. The Morgan fingerprint density at radius 1 is 1.03 bits per heavy atom. The van der Waals surface area contributed by atoms with Crippen LogP contribution in [0.1, 0.15) is 33.1 Å². The average Bonchev–Trinajstić information content (AvgIpc) is 2.78. The monoisotopic (exact) mass is 425 g/mol. The molecule has 4 rings (SSSR count). The van der Waals surface area contributed by atoms with Crippen LogP contribution in [0.25, 0.3) is 0 Å². The Balaban J connectivity index is 1.92. The predicted molar refractivity (Wildman–Crippen MR) is 114 cm³/mol. The van der Waals surface area contributed by atoms with Crippen LogP contribution < -0.4 is 9.47 Å². The number of benzene rings is 3. The summed E-state index contributed by atoms with van der Waals surface area (Å²) >= 11 is 6.44. The number of fused-ring (bicyclic) bond motifs is 1. The number of carbonyl (C=O) groups excluding carboxylic acids is 1. The Kier molecular flexibility index (Phi) is 5.64. The first kappa shape index (κ1) is 20.2. The van der Waals surface area contributed by atoms with Crippen molar-refractivity contribution in [1.82, 2.24) is 4.90 Å². The number of carbonyl (C=O) groups is 1. The molecule has 0 aliphatic carbocycles. The van der Waals surface area contributed by atoms with E-state index in [1.165, 1.54) is 6.07 Å². The molecule has 0 saturated heterocycles. The molecule has 1 aliphatic heterocycles. The molecule has 154 valence electrons. The molecule has 4 nitrogen and oxygen atoms in total. The van der Waals surface area contributed by atoms with Crippen LogP contribution in [-0.4, -0.2) is 31.6 Å². The van der Waals surface area contributed by atoms with Gasteiger partial charge in [-0.05, 0) is 53.9 Å². The van der Waals surface area contributed by atoms with Crippen molar-refractivity contribution in [2.24, 2.45) is 0 Å². The Bertz CT molecular complexity index is 1070. The van der Waals surface area contributed by atoms with Gasteiger partial charge < -0.3 is 14.4 Å². The Morgan fingerprint density at radius 2 is 1.73 bits per heavy atom. The summed E-state index contributed by atoms with van der Waals surface area (Å²) < 4.78 is 25.9. The third-order valence-corrected chi connectivity index (χ3v) is 5.76. The topological polar surface area (TPSA) is 38.8 Å². The number of methoxy groups -OCH3 is 2. The van der Waals surface area contributed by atoms with E-state index in [-0.39, 0.29) is 16.5 Å². The average molecular weight is 426 g/mol. The van der Waals surface area contributed by atoms with Crippen LogP contribution in [-0.2, 0) is 6.42 Å². The molecule has 1 heterocycles. The summed E-state index contributed by atoms with van der Waals surface area (Å²) in [5.74, 6) is 0.474. The highest BCUT2D eigenvalue weighted by Gasteiger charge is 2.36. The molecule has 6 heteroatoms. The summed E-state index contributed by atoms with van der Waals surface area (Å²) in [5.41, 5.74) is 2.56. The highest BCUT2D eigenvalue weighted by atomic mass is 35.5. The number of nitrogens with zero attached hydrogens (tertiary/aromatic N) is 1. The van der Waals surface area contributed by atoms with E-state index in [9.17, 15) is 4.79 Å². The van der Waals surface area contributed by atoms with Gasteiger partial charge in [-0.2, -0.15) is 0 Å². The quantitative estimate of drug-likeness (QED) is 0.570. The first-order valence-corrected chi connectivity index (χ1v) is 9.97. The van der Waals surface area contributed by atoms with Crippen LogP contribution in [0.5, 0.6) is 11.5 Å². The minimum absolute atomic E-state index is 0.180. The minimum atomic E-state index is -0.685. The first-order chi connectivity index (χ1) is 14.5. The molecule has 0 fully saturated rings. The smallest absolute Gasteiger partial charge is 0.254 e. The van der Waals surface area contributed by atoms with Gasteiger partial charge in [-0.1, -0.05) is 35.9 Å². The van der Waals surface area contributed by atoms with Crippen molar-refractivity contribution in [3.8, 4) is 11.5 Å². The second-order valence-corrected chi connectivity index (χ2v) is 7.47. The van der Waals surface area contributed by atoms with Gasteiger partial charge in [-0.15, -0.1) is 0 Å². The Labute approximate surface area is 179 Å². The van der Waals surface area contributed by atoms with Crippen molar-refractivity contribution < 1.29 is 18.7 Å². The summed E-state index contributed by atoms with van der Waals surface area (Å²) in [5, 5.41) is 0.272. The molecule has 1 amide bonds. The maximum atomic E-state index is 15.0. The molecular formula is C24H21ClFNO3. The molecule has 1 aliphatic rings. The van der Waals surface area contributed by atoms with Gasteiger partial charge in [-0.3, -0.25) is 4.79 Å². The van der Waals surface area contributed by atoms with Gasteiger partial charge in [0.15, 0.2) is 11.5 Å². The van der Waals surface area contributed by atoms with Crippen molar-refractivity contribution in [1.29, 1.82) is 0 Å². The van der Waals surface area contributed by atoms with Crippen molar-refractivity contribution in [3.05, 3.63) is 93.8 Å². The standard InChI is InChI=1S/C24H21ClFNO3/c1-29-20-13-16-11-12-27(24(28)15-7-4-3-5-8-15)23(17(16)14-21(20)30-2)22-18(25)9-6-10-19(22)26/h3-10,13-14,23H,11-12H2,1-2H3/t23-/m0/s1. The molecule has 0 radical (unpaired) electrons. The summed E-state index contributed by atoms with van der Waals surface area (Å²) in [6.45, 7) is 0.422. The fourth-order valence-electron chi connectivity index (χ4n) is 3.99. The van der Waals surface area contributed by atoms with Crippen LogP contribution in [0, 0.1) is 5.82 Å². The third kappa shape index (κ3) is 3.50. The zero-order chi connectivity index (χ0) is 21.3. The summed E-state index contributed by atoms with van der Waals surface area (Å²) in [6, 6.07) is 16.6. The van der Waals surface area contributed by atoms with Crippen LogP contribution in [0.4, 0.5) is 4.39 Å². The molecule has 0 spiro atoms. The summed E-state index contributed by atoms with van der Waals surface area (Å²) in [4.78, 5) is 15.1. The molecule has 3 aromatic carbocycles. The zero-order valence-corrected chi connectivity index (χ0v) is 17.4. The van der Waals surface area contributed by atoms with Crippen molar-refractivity contribution in [2.45, 2.75) is 12.5 Å². The maximum Gasteiger partial charge on any atom is 0.254 e. The molecule has 0 N–H and O–H groups in total. The van der Waals surface area contributed by atoms with E-state index in [2.05, 4.69) is 0 Å². The Morgan fingerprint density at radius 3 is 2.40 bits per heavy atom. The number of hydrogen-bond acceptors (Lipinski definition) is 3. The fraction of sp³-hybridized carbons (Fsp3) is 0.208. The number of amides is 1. The van der Waals surface area contributed by atoms with E-state index in [1.807, 2.05) is 30.3 Å². The molecule has 0 bridgehead atoms. The molecule has 0 saturated carbocycles. The van der Waals surface area contributed by atoms with E-state index in [0.717, 1.165) is 11.1 Å². The van der Waals surface area contributed by atoms with Crippen molar-refractivity contribution >= 4 is 17.5 Å². The van der Waals surface area contributed by atoms with Gasteiger partial charge in [0, 0.05) is 22.7 Å². The maximum absolute atomic E-state index is 15.0. The molecule has 1 atom stereocenters. The first-order valence-electron chi connectivity index (χ1n) is 9.60. The van der Waals surface area contributed by atoms with Crippen molar-refractivity contribution in [3.63, 3.8) is 0 Å². The van der Waals surface area contributed by atoms with Crippen LogP contribution in [0.15, 0.2) is 60.7 Å². The third-order valence-electron chi connectivity index (χ3n) is 5.43. The minimum Gasteiger partial charge on any atom is -0.493 e. The second-order valence-electron chi connectivity index (χ2n) is 7.06. The van der Waals surface area contributed by atoms with Gasteiger partial charge in [0.2, 0.25) is 0 Å². The SMILES string of the molecule is COc1cc2c(cc1OC)[C@@H](c1c(F)cccc1Cl)N(C(=O)c1ccccc1)CC2. The lowest BCUT2D eigenvalue weighted by Crippen LogP contribution is -2.41. The molecule has 3 aromatic rings. The van der Waals surface area contributed by atoms with Gasteiger partial charge in [-0.25, -0.2) is 4.39 Å². The Hall–Kier alpha value is -3.05. The van der Waals surface area contributed by atoms with Crippen molar-refractivity contribution in [2.75, 3.05) is 20.8 Å². The van der Waals surface area contributed by atoms with E-state index in [0.29, 0.717) is 30.0 Å².